The first kappa shape index (κ1) is 31.3. The lowest BCUT2D eigenvalue weighted by Crippen LogP contribution is -1.92. The SMILES string of the molecule is c1ccc(-c2cc(-c3ccc4ccc5ccccc5c4c3)cc(-c3cccc4oc5c(-c6ccc7c(c6)sc6c8ccccc8ccc76)cccc5c34)n2)cc1. The molecule has 0 amide bonds. The molecule has 12 aromatic rings. The molecule has 0 unspecified atom stereocenters. The van der Waals surface area contributed by atoms with Crippen LogP contribution < -0.4 is 0 Å². The zero-order valence-corrected chi connectivity index (χ0v) is 31.0. The number of pyridine rings is 1. The number of para-hydroxylation sites is 1. The molecule has 0 radical (unpaired) electrons. The van der Waals surface area contributed by atoms with E-state index in [9.17, 15) is 0 Å². The minimum absolute atomic E-state index is 0.852. The second-order valence-electron chi connectivity index (χ2n) is 14.7. The third-order valence-electron chi connectivity index (χ3n) is 11.4. The number of aromatic nitrogens is 1. The third-order valence-corrected chi connectivity index (χ3v) is 12.6. The van der Waals surface area contributed by atoms with Crippen LogP contribution in [0.25, 0.3) is 119 Å². The van der Waals surface area contributed by atoms with Crippen LogP contribution in [-0.4, -0.2) is 4.98 Å². The molecule has 3 aromatic heterocycles. The molecule has 3 heteroatoms. The van der Waals surface area contributed by atoms with E-state index in [4.69, 9.17) is 9.40 Å². The summed E-state index contributed by atoms with van der Waals surface area (Å²) in [6.07, 6.45) is 0. The van der Waals surface area contributed by atoms with Crippen LogP contribution in [-0.2, 0) is 0 Å². The van der Waals surface area contributed by atoms with Crippen LogP contribution >= 0.6 is 11.3 Å². The van der Waals surface area contributed by atoms with Crippen LogP contribution in [0.5, 0.6) is 0 Å². The van der Waals surface area contributed by atoms with Gasteiger partial charge in [0.2, 0.25) is 0 Å². The summed E-state index contributed by atoms with van der Waals surface area (Å²) in [6, 6.07) is 67.8. The Morgan fingerprint density at radius 1 is 0.375 bits per heavy atom. The van der Waals surface area contributed by atoms with Crippen LogP contribution in [0.15, 0.2) is 192 Å². The smallest absolute Gasteiger partial charge is 0.143 e. The zero-order valence-electron chi connectivity index (χ0n) is 30.2. The van der Waals surface area contributed by atoms with E-state index in [1.165, 1.54) is 52.5 Å². The van der Waals surface area contributed by atoms with Crippen molar-refractivity contribution in [2.45, 2.75) is 0 Å². The molecule has 12 rings (SSSR count). The van der Waals surface area contributed by atoms with Gasteiger partial charge >= 0.3 is 0 Å². The Balaban J connectivity index is 1.04. The lowest BCUT2D eigenvalue weighted by Gasteiger charge is -2.12. The van der Waals surface area contributed by atoms with Crippen LogP contribution in [0, 0.1) is 0 Å². The molecule has 0 atom stereocenters. The fourth-order valence-corrected chi connectivity index (χ4v) is 10.0. The minimum atomic E-state index is 0.852. The molecule has 0 bridgehead atoms. The minimum Gasteiger partial charge on any atom is -0.455 e. The molecule has 0 N–H and O–H groups in total. The summed E-state index contributed by atoms with van der Waals surface area (Å²) in [7, 11) is 0. The Morgan fingerprint density at radius 2 is 1.04 bits per heavy atom. The molecule has 2 nitrogen and oxygen atoms in total. The van der Waals surface area contributed by atoms with Gasteiger partial charge in [-0.05, 0) is 79.3 Å². The number of fused-ring (bicyclic) bond motifs is 11. The lowest BCUT2D eigenvalue weighted by atomic mass is 9.94. The predicted molar refractivity (Wildman–Crippen MR) is 239 cm³/mol. The van der Waals surface area contributed by atoms with Gasteiger partial charge in [-0.1, -0.05) is 158 Å². The summed E-state index contributed by atoms with van der Waals surface area (Å²) < 4.78 is 9.44. The van der Waals surface area contributed by atoms with Crippen molar-refractivity contribution in [1.82, 2.24) is 4.98 Å². The highest BCUT2D eigenvalue weighted by Crippen LogP contribution is 2.44. The van der Waals surface area contributed by atoms with Crippen molar-refractivity contribution in [2.24, 2.45) is 0 Å². The Labute approximate surface area is 326 Å². The average molecular weight is 730 g/mol. The number of furan rings is 1. The molecule has 0 aliphatic rings. The molecular formula is C53H31NOS. The highest BCUT2D eigenvalue weighted by Gasteiger charge is 2.19. The van der Waals surface area contributed by atoms with E-state index >= 15 is 0 Å². The maximum absolute atomic E-state index is 6.82. The Hall–Kier alpha value is -7.07. The second-order valence-corrected chi connectivity index (χ2v) is 15.7. The molecule has 0 saturated carbocycles. The molecule has 0 spiro atoms. The van der Waals surface area contributed by atoms with E-state index in [-0.39, 0.29) is 0 Å². The molecular weight excluding hydrogens is 699 g/mol. The van der Waals surface area contributed by atoms with Crippen LogP contribution in [0.3, 0.4) is 0 Å². The average Bonchev–Trinajstić information content (AvgIpc) is 3.85. The largest absolute Gasteiger partial charge is 0.455 e. The summed E-state index contributed by atoms with van der Waals surface area (Å²) >= 11 is 1.87. The van der Waals surface area contributed by atoms with E-state index in [0.29, 0.717) is 0 Å². The normalized spacial score (nSPS) is 11.9. The van der Waals surface area contributed by atoms with Crippen LogP contribution in [0.4, 0.5) is 0 Å². The first-order valence-electron chi connectivity index (χ1n) is 19.0. The molecule has 0 fully saturated rings. The summed E-state index contributed by atoms with van der Waals surface area (Å²) in [5.74, 6) is 0. The fourth-order valence-electron chi connectivity index (χ4n) is 8.73. The molecule has 9 aromatic carbocycles. The van der Waals surface area contributed by atoms with Gasteiger partial charge in [0.25, 0.3) is 0 Å². The molecule has 3 heterocycles. The first-order valence-corrected chi connectivity index (χ1v) is 19.8. The van der Waals surface area contributed by atoms with Gasteiger partial charge in [-0.15, -0.1) is 11.3 Å². The van der Waals surface area contributed by atoms with Gasteiger partial charge in [-0.25, -0.2) is 4.98 Å². The third kappa shape index (κ3) is 4.85. The van der Waals surface area contributed by atoms with Gasteiger partial charge in [0.15, 0.2) is 0 Å². The first-order chi connectivity index (χ1) is 27.7. The van der Waals surface area contributed by atoms with E-state index in [2.05, 4.69) is 188 Å². The van der Waals surface area contributed by atoms with Crippen molar-refractivity contribution in [3.63, 3.8) is 0 Å². The quantitative estimate of drug-likeness (QED) is 0.169. The summed E-state index contributed by atoms with van der Waals surface area (Å²) in [6.45, 7) is 0. The molecule has 260 valence electrons. The molecule has 0 saturated heterocycles. The highest BCUT2D eigenvalue weighted by atomic mass is 32.1. The van der Waals surface area contributed by atoms with Gasteiger partial charge in [0, 0.05) is 47.6 Å². The van der Waals surface area contributed by atoms with Gasteiger partial charge < -0.3 is 4.42 Å². The van der Waals surface area contributed by atoms with Gasteiger partial charge in [-0.2, -0.15) is 0 Å². The number of benzene rings is 9. The van der Waals surface area contributed by atoms with Crippen molar-refractivity contribution >= 4 is 85.8 Å². The lowest BCUT2D eigenvalue weighted by molar-refractivity contribution is 0.670. The van der Waals surface area contributed by atoms with E-state index < -0.39 is 0 Å². The van der Waals surface area contributed by atoms with Crippen molar-refractivity contribution in [2.75, 3.05) is 0 Å². The van der Waals surface area contributed by atoms with Crippen molar-refractivity contribution in [3.8, 4) is 44.8 Å². The van der Waals surface area contributed by atoms with Crippen molar-refractivity contribution < 1.29 is 4.42 Å². The summed E-state index contributed by atoms with van der Waals surface area (Å²) in [4.78, 5) is 5.36. The van der Waals surface area contributed by atoms with E-state index in [1.54, 1.807) is 0 Å². The topological polar surface area (TPSA) is 26.0 Å². The Kier molecular flexibility index (Phi) is 6.83. The van der Waals surface area contributed by atoms with Crippen molar-refractivity contribution in [1.29, 1.82) is 0 Å². The predicted octanol–water partition coefficient (Wildman–Crippen LogP) is 15.5. The van der Waals surface area contributed by atoms with E-state index in [0.717, 1.165) is 66.7 Å². The monoisotopic (exact) mass is 729 g/mol. The number of hydrogen-bond donors (Lipinski definition) is 0. The van der Waals surface area contributed by atoms with Crippen LogP contribution in [0.1, 0.15) is 0 Å². The Bertz CT molecular complexity index is 3540. The standard InChI is InChI=1S/C53H31NOS/c1-2-12-35(13-3-1)47-29-38(36-23-22-34-21-20-32-10-4-6-14-39(32)46(34)28-36)30-48(54-47)44-17-9-19-49-51(44)45-18-8-16-40(52(45)55-49)37-25-26-42-43-27-24-33-11-5-7-15-41(33)53(43)56-50(42)31-37/h1-31H. The van der Waals surface area contributed by atoms with Crippen molar-refractivity contribution in [3.05, 3.63) is 188 Å². The van der Waals surface area contributed by atoms with Gasteiger partial charge in [-0.3, -0.25) is 0 Å². The second kappa shape index (κ2) is 12.2. The van der Waals surface area contributed by atoms with Gasteiger partial charge in [0.1, 0.15) is 11.2 Å². The fraction of sp³-hybridized carbons (Fsp3) is 0. The maximum atomic E-state index is 6.82. The number of hydrogen-bond acceptors (Lipinski definition) is 3. The van der Waals surface area contributed by atoms with Gasteiger partial charge in [0.05, 0.1) is 11.4 Å². The molecule has 0 aliphatic heterocycles. The maximum Gasteiger partial charge on any atom is 0.143 e. The number of nitrogens with zero attached hydrogens (tertiary/aromatic N) is 1. The van der Waals surface area contributed by atoms with E-state index in [1.807, 2.05) is 11.3 Å². The van der Waals surface area contributed by atoms with Crippen LogP contribution in [0.2, 0.25) is 0 Å². The molecule has 0 aliphatic carbocycles. The highest BCUT2D eigenvalue weighted by molar-refractivity contribution is 7.26. The summed E-state index contributed by atoms with van der Waals surface area (Å²) in [5, 5.41) is 12.3. The zero-order chi connectivity index (χ0) is 36.7. The molecule has 56 heavy (non-hydrogen) atoms. The number of thiophene rings is 1. The Morgan fingerprint density at radius 3 is 1.93 bits per heavy atom. The number of rotatable bonds is 4. The summed E-state index contributed by atoms with van der Waals surface area (Å²) in [5.41, 5.74) is 10.2.